The van der Waals surface area contributed by atoms with E-state index < -0.39 is 0 Å². The summed E-state index contributed by atoms with van der Waals surface area (Å²) >= 11 is 0. The molecule has 2 saturated carbocycles. The lowest BCUT2D eigenvalue weighted by Crippen LogP contribution is -2.53. The minimum atomic E-state index is -0.198. The second-order valence-corrected chi connectivity index (χ2v) is 7.20. The van der Waals surface area contributed by atoms with Crippen LogP contribution in [0.25, 0.3) is 0 Å². The van der Waals surface area contributed by atoms with Crippen LogP contribution in [-0.2, 0) is 4.79 Å². The van der Waals surface area contributed by atoms with Crippen LogP contribution in [0.3, 0.4) is 0 Å². The highest BCUT2D eigenvalue weighted by atomic mass is 35.5. The van der Waals surface area contributed by atoms with Crippen molar-refractivity contribution in [2.75, 3.05) is 11.9 Å². The van der Waals surface area contributed by atoms with Crippen molar-refractivity contribution in [3.63, 3.8) is 0 Å². The SMILES string of the molecule is Cl.NC1CC2CCCC(C1)C2NC(=O)c1cccc2c1OCC(=O)N2. The number of para-hydroxylation sites is 1. The summed E-state index contributed by atoms with van der Waals surface area (Å²) in [6, 6.07) is 5.71. The van der Waals surface area contributed by atoms with Gasteiger partial charge in [-0.3, -0.25) is 9.59 Å². The van der Waals surface area contributed by atoms with Gasteiger partial charge in [-0.25, -0.2) is 0 Å². The third-order valence-corrected chi connectivity index (χ3v) is 5.56. The molecular weight excluding hydrogens is 342 g/mol. The smallest absolute Gasteiger partial charge is 0.262 e. The van der Waals surface area contributed by atoms with Crippen molar-refractivity contribution in [3.8, 4) is 5.75 Å². The van der Waals surface area contributed by atoms with Gasteiger partial charge in [0.05, 0.1) is 11.3 Å². The quantitative estimate of drug-likeness (QED) is 0.748. The number of carbonyl (C=O) groups excluding carboxylic acids is 2. The number of anilines is 1. The molecule has 2 bridgehead atoms. The highest BCUT2D eigenvalue weighted by Crippen LogP contribution is 2.40. The highest BCUT2D eigenvalue weighted by Gasteiger charge is 2.40. The van der Waals surface area contributed by atoms with Gasteiger partial charge in [0.25, 0.3) is 11.8 Å². The number of ether oxygens (including phenoxy) is 1. The Morgan fingerprint density at radius 2 is 1.96 bits per heavy atom. The van der Waals surface area contributed by atoms with Crippen molar-refractivity contribution >= 4 is 29.9 Å². The lowest BCUT2D eigenvalue weighted by atomic mass is 9.67. The molecule has 0 radical (unpaired) electrons. The van der Waals surface area contributed by atoms with Gasteiger partial charge >= 0.3 is 0 Å². The Morgan fingerprint density at radius 3 is 2.68 bits per heavy atom. The number of nitrogens with one attached hydrogen (secondary N) is 2. The van der Waals surface area contributed by atoms with Crippen molar-refractivity contribution in [3.05, 3.63) is 23.8 Å². The Kier molecular flexibility index (Phi) is 5.20. The molecule has 2 amide bonds. The van der Waals surface area contributed by atoms with E-state index in [2.05, 4.69) is 10.6 Å². The standard InChI is InChI=1S/C18H23N3O3.ClH/c19-12-7-10-3-1-4-11(8-12)16(10)21-18(23)13-5-2-6-14-17(13)24-9-15(22)20-14;/h2,5-6,10-12,16H,1,3-4,7-9,19H2,(H,20,22)(H,21,23);1H. The molecule has 3 aliphatic rings. The number of carbonyl (C=O) groups is 2. The topological polar surface area (TPSA) is 93.4 Å². The number of amides is 2. The van der Waals surface area contributed by atoms with E-state index >= 15 is 0 Å². The molecule has 4 rings (SSSR count). The second-order valence-electron chi connectivity index (χ2n) is 7.20. The van der Waals surface area contributed by atoms with E-state index in [1.807, 2.05) is 0 Å². The molecule has 25 heavy (non-hydrogen) atoms. The largest absolute Gasteiger partial charge is 0.481 e. The van der Waals surface area contributed by atoms with E-state index in [0.29, 0.717) is 28.8 Å². The Balaban J connectivity index is 0.00000182. The summed E-state index contributed by atoms with van der Waals surface area (Å²) in [7, 11) is 0. The number of nitrogens with two attached hydrogens (primary N) is 1. The normalized spacial score (nSPS) is 30.2. The van der Waals surface area contributed by atoms with Crippen LogP contribution in [0, 0.1) is 11.8 Å². The van der Waals surface area contributed by atoms with Gasteiger partial charge in [-0.1, -0.05) is 12.5 Å². The lowest BCUT2D eigenvalue weighted by molar-refractivity contribution is -0.118. The first kappa shape index (κ1) is 18.0. The molecule has 7 heteroatoms. The average Bonchev–Trinajstić information content (AvgIpc) is 2.54. The van der Waals surface area contributed by atoms with E-state index in [1.54, 1.807) is 18.2 Å². The second kappa shape index (κ2) is 7.22. The molecule has 2 atom stereocenters. The van der Waals surface area contributed by atoms with Crippen LogP contribution in [0.4, 0.5) is 5.69 Å². The summed E-state index contributed by atoms with van der Waals surface area (Å²) in [5.74, 6) is 1.08. The van der Waals surface area contributed by atoms with Crippen LogP contribution in [0.1, 0.15) is 42.5 Å². The predicted molar refractivity (Wildman–Crippen MR) is 97.1 cm³/mol. The minimum absolute atomic E-state index is 0. The lowest BCUT2D eigenvalue weighted by Gasteiger charge is -2.45. The van der Waals surface area contributed by atoms with Crippen molar-refractivity contribution < 1.29 is 14.3 Å². The van der Waals surface area contributed by atoms with Crippen LogP contribution < -0.4 is 21.1 Å². The minimum Gasteiger partial charge on any atom is -0.481 e. The Hall–Kier alpha value is -1.79. The van der Waals surface area contributed by atoms with Crippen LogP contribution in [-0.4, -0.2) is 30.5 Å². The fraction of sp³-hybridized carbons (Fsp3) is 0.556. The monoisotopic (exact) mass is 365 g/mol. The molecular formula is C18H24ClN3O3. The molecule has 4 N–H and O–H groups in total. The zero-order chi connectivity index (χ0) is 16.7. The van der Waals surface area contributed by atoms with Gasteiger partial charge in [0.1, 0.15) is 0 Å². The predicted octanol–water partition coefficient (Wildman–Crippen LogP) is 2.08. The molecule has 1 heterocycles. The van der Waals surface area contributed by atoms with Gasteiger partial charge in [-0.05, 0) is 49.7 Å². The van der Waals surface area contributed by atoms with Gasteiger partial charge < -0.3 is 21.1 Å². The highest BCUT2D eigenvalue weighted by molar-refractivity contribution is 6.03. The van der Waals surface area contributed by atoms with Crippen molar-refractivity contribution in [1.29, 1.82) is 0 Å². The van der Waals surface area contributed by atoms with Crippen molar-refractivity contribution in [1.82, 2.24) is 5.32 Å². The molecule has 0 spiro atoms. The number of hydrogen-bond acceptors (Lipinski definition) is 4. The molecule has 1 aromatic carbocycles. The summed E-state index contributed by atoms with van der Waals surface area (Å²) in [5.41, 5.74) is 7.21. The average molecular weight is 366 g/mol. The molecule has 0 saturated heterocycles. The summed E-state index contributed by atoms with van der Waals surface area (Å²) in [4.78, 5) is 24.3. The van der Waals surface area contributed by atoms with Gasteiger partial charge in [-0.15, -0.1) is 12.4 Å². The Labute approximate surface area is 153 Å². The Bertz CT molecular complexity index is 668. The maximum atomic E-state index is 12.8. The summed E-state index contributed by atoms with van der Waals surface area (Å²) < 4.78 is 5.50. The van der Waals surface area contributed by atoms with E-state index in [1.165, 1.54) is 6.42 Å². The van der Waals surface area contributed by atoms with Gasteiger partial charge in [0.2, 0.25) is 0 Å². The fourth-order valence-corrected chi connectivity index (χ4v) is 4.55. The van der Waals surface area contributed by atoms with Crippen LogP contribution >= 0.6 is 12.4 Å². The summed E-state index contributed by atoms with van der Waals surface area (Å²) in [6.45, 7) is -0.0547. The molecule has 136 valence electrons. The number of benzene rings is 1. The third-order valence-electron chi connectivity index (χ3n) is 5.56. The molecule has 0 aromatic heterocycles. The van der Waals surface area contributed by atoms with Crippen LogP contribution in [0.5, 0.6) is 5.75 Å². The van der Waals surface area contributed by atoms with Gasteiger partial charge in [0, 0.05) is 12.1 Å². The zero-order valence-corrected chi connectivity index (χ0v) is 14.8. The zero-order valence-electron chi connectivity index (χ0n) is 14.0. The summed E-state index contributed by atoms with van der Waals surface area (Å²) in [5, 5.41) is 5.98. The molecule has 2 fully saturated rings. The number of fused-ring (bicyclic) bond motifs is 3. The first-order valence-corrected chi connectivity index (χ1v) is 8.74. The van der Waals surface area contributed by atoms with Gasteiger partial charge in [-0.2, -0.15) is 0 Å². The van der Waals surface area contributed by atoms with Crippen molar-refractivity contribution in [2.45, 2.75) is 44.2 Å². The number of halogens is 1. The van der Waals surface area contributed by atoms with Crippen LogP contribution in [0.15, 0.2) is 18.2 Å². The third kappa shape index (κ3) is 3.46. The van der Waals surface area contributed by atoms with E-state index in [4.69, 9.17) is 10.5 Å². The maximum absolute atomic E-state index is 12.8. The number of hydrogen-bond donors (Lipinski definition) is 3. The molecule has 1 aromatic rings. The molecule has 2 aliphatic carbocycles. The van der Waals surface area contributed by atoms with E-state index in [-0.39, 0.29) is 42.9 Å². The Morgan fingerprint density at radius 1 is 1.24 bits per heavy atom. The van der Waals surface area contributed by atoms with E-state index in [0.717, 1.165) is 25.7 Å². The van der Waals surface area contributed by atoms with E-state index in [9.17, 15) is 9.59 Å². The molecule has 2 unspecified atom stereocenters. The first-order valence-electron chi connectivity index (χ1n) is 8.74. The summed E-state index contributed by atoms with van der Waals surface area (Å²) in [6.07, 6.45) is 5.47. The van der Waals surface area contributed by atoms with Crippen LogP contribution in [0.2, 0.25) is 0 Å². The number of rotatable bonds is 2. The maximum Gasteiger partial charge on any atom is 0.262 e. The van der Waals surface area contributed by atoms with Gasteiger partial charge in [0.15, 0.2) is 12.4 Å². The molecule has 6 nitrogen and oxygen atoms in total. The fourth-order valence-electron chi connectivity index (χ4n) is 4.55. The first-order chi connectivity index (χ1) is 11.6. The van der Waals surface area contributed by atoms with Crippen molar-refractivity contribution in [2.24, 2.45) is 17.6 Å². The molecule has 1 aliphatic heterocycles.